The number of carbonyl (C=O) groups is 1. The minimum atomic E-state index is -1.00. The fourth-order valence-electron chi connectivity index (χ4n) is 1.40. The summed E-state index contributed by atoms with van der Waals surface area (Å²) in [5.41, 5.74) is 1.01. The largest absolute Gasteiger partial charge is 0.322 e. The molecule has 0 spiro atoms. The number of hydrogen-bond donors (Lipinski definition) is 1. The molecule has 0 radical (unpaired) electrons. The van der Waals surface area contributed by atoms with E-state index >= 15 is 0 Å². The van der Waals surface area contributed by atoms with Gasteiger partial charge in [-0.05, 0) is 35.9 Å². The van der Waals surface area contributed by atoms with Gasteiger partial charge in [-0.2, -0.15) is 0 Å². The molecule has 1 N–H and O–H groups in total. The normalized spacial score (nSPS) is 10.6. The van der Waals surface area contributed by atoms with Crippen molar-refractivity contribution in [1.82, 2.24) is 4.98 Å². The van der Waals surface area contributed by atoms with E-state index in [0.717, 1.165) is 17.7 Å². The second-order valence-electron chi connectivity index (χ2n) is 3.73. The Bertz CT molecular complexity index is 612. The maximum atomic E-state index is 12.9. The second-order valence-corrected chi connectivity index (χ2v) is 3.73. The third-order valence-corrected chi connectivity index (χ3v) is 2.32. The van der Waals surface area contributed by atoms with Crippen molar-refractivity contribution in [3.05, 3.63) is 66.0 Å². The molecule has 0 fully saturated rings. The molecule has 0 saturated heterocycles. The quantitative estimate of drug-likeness (QED) is 0.862. The maximum Gasteiger partial charge on any atom is 0.248 e. The summed E-state index contributed by atoms with van der Waals surface area (Å²) in [4.78, 5) is 15.4. The van der Waals surface area contributed by atoms with Gasteiger partial charge in [-0.15, -0.1) is 0 Å². The number of carbonyl (C=O) groups excluding carboxylic acids is 1. The second kappa shape index (κ2) is 5.86. The molecule has 96 valence electrons. The SMILES string of the molecule is O=C(C=Cc1ccncc1)Nc1ccc(F)c(F)c1. The van der Waals surface area contributed by atoms with Gasteiger partial charge in [0.15, 0.2) is 11.6 Å². The highest BCUT2D eigenvalue weighted by Gasteiger charge is 2.03. The van der Waals surface area contributed by atoms with Crippen LogP contribution in [0.5, 0.6) is 0 Å². The van der Waals surface area contributed by atoms with Crippen LogP contribution in [0.2, 0.25) is 0 Å². The van der Waals surface area contributed by atoms with Crippen molar-refractivity contribution in [2.45, 2.75) is 0 Å². The molecule has 2 aromatic rings. The first-order valence-electron chi connectivity index (χ1n) is 5.49. The molecule has 1 aromatic carbocycles. The van der Waals surface area contributed by atoms with Crippen LogP contribution >= 0.6 is 0 Å². The van der Waals surface area contributed by atoms with Crippen LogP contribution in [0.15, 0.2) is 48.8 Å². The molecule has 0 aliphatic heterocycles. The Morgan fingerprint density at radius 1 is 1.11 bits per heavy atom. The number of anilines is 1. The minimum absolute atomic E-state index is 0.197. The van der Waals surface area contributed by atoms with Crippen molar-refractivity contribution >= 4 is 17.7 Å². The lowest BCUT2D eigenvalue weighted by molar-refractivity contribution is -0.111. The van der Waals surface area contributed by atoms with Gasteiger partial charge in [0.1, 0.15) is 0 Å². The molecule has 0 bridgehead atoms. The van der Waals surface area contributed by atoms with Crippen molar-refractivity contribution in [1.29, 1.82) is 0 Å². The van der Waals surface area contributed by atoms with E-state index in [1.165, 1.54) is 12.1 Å². The third-order valence-electron chi connectivity index (χ3n) is 2.32. The molecule has 0 aliphatic rings. The van der Waals surface area contributed by atoms with Crippen LogP contribution in [0.1, 0.15) is 5.56 Å². The van der Waals surface area contributed by atoms with Gasteiger partial charge in [-0.3, -0.25) is 9.78 Å². The highest BCUT2D eigenvalue weighted by Crippen LogP contribution is 2.13. The molecule has 5 heteroatoms. The molecule has 1 heterocycles. The molecule has 0 unspecified atom stereocenters. The highest BCUT2D eigenvalue weighted by atomic mass is 19.2. The maximum absolute atomic E-state index is 12.9. The van der Waals surface area contributed by atoms with Gasteiger partial charge in [0, 0.05) is 30.2 Å². The van der Waals surface area contributed by atoms with Gasteiger partial charge in [0.25, 0.3) is 0 Å². The van der Waals surface area contributed by atoms with E-state index in [-0.39, 0.29) is 5.69 Å². The molecule has 19 heavy (non-hydrogen) atoms. The van der Waals surface area contributed by atoms with Gasteiger partial charge >= 0.3 is 0 Å². The fourth-order valence-corrected chi connectivity index (χ4v) is 1.40. The van der Waals surface area contributed by atoms with Gasteiger partial charge in [-0.1, -0.05) is 0 Å². The first kappa shape index (κ1) is 12.9. The molecule has 1 amide bonds. The van der Waals surface area contributed by atoms with E-state index < -0.39 is 17.5 Å². The number of halogens is 2. The zero-order valence-corrected chi connectivity index (χ0v) is 9.81. The lowest BCUT2D eigenvalue weighted by Gasteiger charge is -2.02. The Morgan fingerprint density at radius 3 is 2.53 bits per heavy atom. The number of rotatable bonds is 3. The first-order chi connectivity index (χ1) is 9.15. The number of benzene rings is 1. The van der Waals surface area contributed by atoms with E-state index in [1.807, 2.05) is 0 Å². The van der Waals surface area contributed by atoms with Crippen molar-refractivity contribution in [3.63, 3.8) is 0 Å². The van der Waals surface area contributed by atoms with E-state index in [1.54, 1.807) is 30.6 Å². The van der Waals surface area contributed by atoms with Crippen LogP contribution < -0.4 is 5.32 Å². The smallest absolute Gasteiger partial charge is 0.248 e. The molecule has 2 rings (SSSR count). The Labute approximate surface area is 108 Å². The number of amides is 1. The standard InChI is InChI=1S/C14H10F2N2O/c15-12-3-2-11(9-13(12)16)18-14(19)4-1-10-5-7-17-8-6-10/h1-9H,(H,18,19). The number of nitrogens with zero attached hydrogens (tertiary/aromatic N) is 1. The summed E-state index contributed by atoms with van der Waals surface area (Å²) >= 11 is 0. The lowest BCUT2D eigenvalue weighted by Crippen LogP contribution is -2.08. The van der Waals surface area contributed by atoms with Crippen LogP contribution in [0.4, 0.5) is 14.5 Å². The Morgan fingerprint density at radius 2 is 1.84 bits per heavy atom. The van der Waals surface area contributed by atoms with Gasteiger partial charge in [0.05, 0.1) is 0 Å². The summed E-state index contributed by atoms with van der Waals surface area (Å²) in [5.74, 6) is -2.39. The molecular weight excluding hydrogens is 250 g/mol. The topological polar surface area (TPSA) is 42.0 Å². The summed E-state index contributed by atoms with van der Waals surface area (Å²) in [6.45, 7) is 0. The van der Waals surface area contributed by atoms with E-state index in [9.17, 15) is 13.6 Å². The number of aromatic nitrogens is 1. The average molecular weight is 260 g/mol. The Kier molecular flexibility index (Phi) is 3.97. The first-order valence-corrected chi connectivity index (χ1v) is 5.49. The molecule has 3 nitrogen and oxygen atoms in total. The molecule has 1 aromatic heterocycles. The average Bonchev–Trinajstić information content (AvgIpc) is 2.42. The Hall–Kier alpha value is -2.56. The van der Waals surface area contributed by atoms with E-state index in [0.29, 0.717) is 0 Å². The summed E-state index contributed by atoms with van der Waals surface area (Å²) in [7, 11) is 0. The highest BCUT2D eigenvalue weighted by molar-refractivity contribution is 6.01. The fraction of sp³-hybridized carbons (Fsp3) is 0. The van der Waals surface area contributed by atoms with E-state index in [4.69, 9.17) is 0 Å². The predicted octanol–water partition coefficient (Wildman–Crippen LogP) is 3.01. The summed E-state index contributed by atoms with van der Waals surface area (Å²) in [6, 6.07) is 6.64. The number of hydrogen-bond acceptors (Lipinski definition) is 2. The van der Waals surface area contributed by atoms with Crippen LogP contribution in [-0.2, 0) is 4.79 Å². The summed E-state index contributed by atoms with van der Waals surface area (Å²) < 4.78 is 25.6. The summed E-state index contributed by atoms with van der Waals surface area (Å²) in [5, 5.41) is 2.43. The zero-order chi connectivity index (χ0) is 13.7. The van der Waals surface area contributed by atoms with Crippen molar-refractivity contribution in [2.75, 3.05) is 5.32 Å². The van der Waals surface area contributed by atoms with Gasteiger partial charge in [0.2, 0.25) is 5.91 Å². The molecular formula is C14H10F2N2O. The van der Waals surface area contributed by atoms with Crippen LogP contribution in [0, 0.1) is 11.6 Å². The zero-order valence-electron chi connectivity index (χ0n) is 9.81. The monoisotopic (exact) mass is 260 g/mol. The Balaban J connectivity index is 2.01. The number of pyridine rings is 1. The van der Waals surface area contributed by atoms with Crippen molar-refractivity contribution in [2.24, 2.45) is 0 Å². The third kappa shape index (κ3) is 3.70. The van der Waals surface area contributed by atoms with E-state index in [2.05, 4.69) is 10.3 Å². The lowest BCUT2D eigenvalue weighted by atomic mass is 10.2. The minimum Gasteiger partial charge on any atom is -0.322 e. The van der Waals surface area contributed by atoms with Crippen LogP contribution in [-0.4, -0.2) is 10.9 Å². The van der Waals surface area contributed by atoms with Crippen molar-refractivity contribution < 1.29 is 13.6 Å². The van der Waals surface area contributed by atoms with Gasteiger partial charge in [-0.25, -0.2) is 8.78 Å². The predicted molar refractivity (Wildman–Crippen MR) is 68.3 cm³/mol. The van der Waals surface area contributed by atoms with Gasteiger partial charge < -0.3 is 5.32 Å². The van der Waals surface area contributed by atoms with Crippen molar-refractivity contribution in [3.8, 4) is 0 Å². The molecule has 0 aliphatic carbocycles. The van der Waals surface area contributed by atoms with Crippen LogP contribution in [0.3, 0.4) is 0 Å². The molecule has 0 saturated carbocycles. The summed E-state index contributed by atoms with van der Waals surface area (Å²) in [6.07, 6.45) is 6.10. The number of nitrogens with one attached hydrogen (secondary N) is 1. The van der Waals surface area contributed by atoms with Crippen LogP contribution in [0.25, 0.3) is 6.08 Å². The molecule has 0 atom stereocenters.